The van der Waals surface area contributed by atoms with Crippen LogP contribution in [0.25, 0.3) is 10.8 Å². The third-order valence-electron chi connectivity index (χ3n) is 3.57. The fraction of sp³-hybridized carbons (Fsp3) is 0.176. The van der Waals surface area contributed by atoms with Crippen LogP contribution in [-0.4, -0.2) is 5.11 Å². The van der Waals surface area contributed by atoms with E-state index in [-0.39, 0.29) is 5.82 Å². The van der Waals surface area contributed by atoms with Crippen molar-refractivity contribution in [3.05, 3.63) is 70.9 Å². The van der Waals surface area contributed by atoms with Crippen LogP contribution in [0.4, 0.5) is 4.39 Å². The molecule has 1 atom stereocenters. The second-order valence-corrected chi connectivity index (χ2v) is 4.95. The van der Waals surface area contributed by atoms with Gasteiger partial charge in [0.2, 0.25) is 0 Å². The molecule has 1 unspecified atom stereocenters. The lowest BCUT2D eigenvalue weighted by molar-refractivity contribution is 0.219. The van der Waals surface area contributed by atoms with Crippen LogP contribution in [0.15, 0.2) is 46.9 Å². The molecule has 0 saturated carbocycles. The normalized spacial score (nSPS) is 12.8. The van der Waals surface area contributed by atoms with Gasteiger partial charge in [-0.2, -0.15) is 0 Å². The number of hydrogen-bond donors (Lipinski definition) is 1. The van der Waals surface area contributed by atoms with Crippen molar-refractivity contribution in [3.63, 3.8) is 0 Å². The molecule has 3 aromatic rings. The maximum Gasteiger partial charge on any atom is 0.131 e. The van der Waals surface area contributed by atoms with Crippen molar-refractivity contribution < 1.29 is 13.9 Å². The molecule has 0 amide bonds. The molecule has 0 aliphatic carbocycles. The molecule has 3 heteroatoms. The Morgan fingerprint density at radius 1 is 1.00 bits per heavy atom. The van der Waals surface area contributed by atoms with Gasteiger partial charge in [0.25, 0.3) is 0 Å². The number of benzene rings is 2. The third kappa shape index (κ3) is 2.00. The van der Waals surface area contributed by atoms with E-state index in [0.717, 1.165) is 16.7 Å². The molecule has 3 rings (SSSR count). The van der Waals surface area contributed by atoms with E-state index in [0.29, 0.717) is 16.7 Å². The van der Waals surface area contributed by atoms with Crippen LogP contribution in [0, 0.1) is 19.7 Å². The summed E-state index contributed by atoms with van der Waals surface area (Å²) in [4.78, 5) is 0. The molecule has 2 nitrogen and oxygen atoms in total. The average molecular weight is 270 g/mol. The Morgan fingerprint density at radius 2 is 1.70 bits per heavy atom. The molecule has 1 N–H and O–H groups in total. The zero-order valence-corrected chi connectivity index (χ0v) is 11.4. The van der Waals surface area contributed by atoms with Gasteiger partial charge in [-0.25, -0.2) is 4.39 Å². The van der Waals surface area contributed by atoms with E-state index in [1.807, 2.05) is 32.0 Å². The first-order chi connectivity index (χ1) is 9.58. The highest BCUT2D eigenvalue weighted by Crippen LogP contribution is 2.32. The summed E-state index contributed by atoms with van der Waals surface area (Å²) in [6, 6.07) is 12.0. The Hall–Kier alpha value is -2.13. The van der Waals surface area contributed by atoms with Crippen molar-refractivity contribution in [3.8, 4) is 0 Å². The van der Waals surface area contributed by atoms with E-state index in [1.165, 1.54) is 6.07 Å². The fourth-order valence-electron chi connectivity index (χ4n) is 2.61. The molecule has 1 heterocycles. The average Bonchev–Trinajstić information content (AvgIpc) is 2.78. The number of furan rings is 1. The minimum absolute atomic E-state index is 0.281. The highest BCUT2D eigenvalue weighted by molar-refractivity contribution is 5.87. The molecule has 1 aromatic heterocycles. The van der Waals surface area contributed by atoms with Crippen molar-refractivity contribution in [1.82, 2.24) is 0 Å². The van der Waals surface area contributed by atoms with Crippen molar-refractivity contribution in [2.45, 2.75) is 20.0 Å². The molecule has 0 bridgehead atoms. The van der Waals surface area contributed by atoms with Crippen LogP contribution in [0.2, 0.25) is 0 Å². The lowest BCUT2D eigenvalue weighted by Crippen LogP contribution is -2.01. The number of halogens is 1. The van der Waals surface area contributed by atoms with Crippen LogP contribution >= 0.6 is 0 Å². The van der Waals surface area contributed by atoms with Gasteiger partial charge in [0.05, 0.1) is 0 Å². The number of hydrogen-bond acceptors (Lipinski definition) is 2. The van der Waals surface area contributed by atoms with Crippen LogP contribution in [0.1, 0.15) is 28.8 Å². The summed E-state index contributed by atoms with van der Waals surface area (Å²) in [7, 11) is 0. The Morgan fingerprint density at radius 3 is 2.35 bits per heavy atom. The predicted molar refractivity (Wildman–Crippen MR) is 76.1 cm³/mol. The zero-order chi connectivity index (χ0) is 14.3. The van der Waals surface area contributed by atoms with Gasteiger partial charge < -0.3 is 9.52 Å². The molecule has 102 valence electrons. The largest absolute Gasteiger partial charge is 0.466 e. The van der Waals surface area contributed by atoms with Gasteiger partial charge in [0.15, 0.2) is 0 Å². The topological polar surface area (TPSA) is 33.4 Å². The third-order valence-corrected chi connectivity index (χ3v) is 3.57. The molecule has 0 spiro atoms. The molecule has 0 radical (unpaired) electrons. The van der Waals surface area contributed by atoms with Gasteiger partial charge in [-0.3, -0.25) is 0 Å². The Kier molecular flexibility index (Phi) is 3.07. The van der Waals surface area contributed by atoms with Crippen molar-refractivity contribution in [1.29, 1.82) is 0 Å². The minimum Gasteiger partial charge on any atom is -0.466 e. The van der Waals surface area contributed by atoms with E-state index < -0.39 is 6.10 Å². The number of aliphatic hydroxyl groups is 1. The van der Waals surface area contributed by atoms with Crippen LogP contribution in [-0.2, 0) is 0 Å². The molecule has 2 aromatic carbocycles. The molecular weight excluding hydrogens is 255 g/mol. The van der Waals surface area contributed by atoms with Crippen molar-refractivity contribution in [2.75, 3.05) is 0 Å². The zero-order valence-electron chi connectivity index (χ0n) is 11.4. The lowest BCUT2D eigenvalue weighted by atomic mass is 9.96. The standard InChI is InChI=1S/C17H15FO2/c1-10-9-15(11(2)20-10)17(19)14-7-8-16(18)13-6-4-3-5-12(13)14/h3-9,17,19H,1-2H3. The van der Waals surface area contributed by atoms with E-state index in [2.05, 4.69) is 0 Å². The summed E-state index contributed by atoms with van der Waals surface area (Å²) in [5, 5.41) is 11.8. The molecule has 0 aliphatic heterocycles. The maximum absolute atomic E-state index is 13.8. The maximum atomic E-state index is 13.8. The van der Waals surface area contributed by atoms with Gasteiger partial charge in [-0.05, 0) is 36.9 Å². The fourth-order valence-corrected chi connectivity index (χ4v) is 2.61. The monoisotopic (exact) mass is 270 g/mol. The number of fused-ring (bicyclic) bond motifs is 1. The van der Waals surface area contributed by atoms with Crippen LogP contribution < -0.4 is 0 Å². The van der Waals surface area contributed by atoms with E-state index in [1.54, 1.807) is 18.2 Å². The Labute approximate surface area is 116 Å². The van der Waals surface area contributed by atoms with Gasteiger partial charge in [0, 0.05) is 10.9 Å². The minimum atomic E-state index is -0.821. The number of rotatable bonds is 2. The second-order valence-electron chi connectivity index (χ2n) is 4.95. The predicted octanol–water partition coefficient (Wildman–Crippen LogP) is 4.27. The van der Waals surface area contributed by atoms with E-state index >= 15 is 0 Å². The second kappa shape index (κ2) is 4.76. The summed E-state index contributed by atoms with van der Waals surface area (Å²) in [5.41, 5.74) is 1.41. The summed E-state index contributed by atoms with van der Waals surface area (Å²) in [5.74, 6) is 1.16. The number of aryl methyl sites for hydroxylation is 2. The summed E-state index contributed by atoms with van der Waals surface area (Å²) in [6.45, 7) is 3.66. The van der Waals surface area contributed by atoms with Gasteiger partial charge >= 0.3 is 0 Å². The van der Waals surface area contributed by atoms with Crippen LogP contribution in [0.5, 0.6) is 0 Å². The van der Waals surface area contributed by atoms with Crippen LogP contribution in [0.3, 0.4) is 0 Å². The summed E-state index contributed by atoms with van der Waals surface area (Å²) < 4.78 is 19.3. The summed E-state index contributed by atoms with van der Waals surface area (Å²) >= 11 is 0. The van der Waals surface area contributed by atoms with E-state index in [9.17, 15) is 9.50 Å². The summed E-state index contributed by atoms with van der Waals surface area (Å²) in [6.07, 6.45) is -0.821. The van der Waals surface area contributed by atoms with E-state index in [4.69, 9.17) is 4.42 Å². The van der Waals surface area contributed by atoms with Gasteiger partial charge in [-0.15, -0.1) is 0 Å². The highest BCUT2D eigenvalue weighted by Gasteiger charge is 2.19. The van der Waals surface area contributed by atoms with Gasteiger partial charge in [-0.1, -0.05) is 30.3 Å². The smallest absolute Gasteiger partial charge is 0.131 e. The quantitative estimate of drug-likeness (QED) is 0.754. The van der Waals surface area contributed by atoms with Crippen molar-refractivity contribution >= 4 is 10.8 Å². The first-order valence-corrected chi connectivity index (χ1v) is 6.50. The van der Waals surface area contributed by atoms with Gasteiger partial charge in [0.1, 0.15) is 23.4 Å². The molecule has 20 heavy (non-hydrogen) atoms. The lowest BCUT2D eigenvalue weighted by Gasteiger charge is -2.13. The molecular formula is C17H15FO2. The first-order valence-electron chi connectivity index (χ1n) is 6.50. The first kappa shape index (κ1) is 12.9. The molecule has 0 aliphatic rings. The molecule has 0 saturated heterocycles. The van der Waals surface area contributed by atoms with Crippen molar-refractivity contribution in [2.24, 2.45) is 0 Å². The molecule has 0 fully saturated rings. The number of aliphatic hydroxyl groups excluding tert-OH is 1. The SMILES string of the molecule is Cc1cc(C(O)c2ccc(F)c3ccccc23)c(C)o1. The Balaban J connectivity index is 2.20. The Bertz CT molecular complexity index is 774. The highest BCUT2D eigenvalue weighted by atomic mass is 19.1.